The molecule has 19 heavy (non-hydrogen) atoms. The predicted molar refractivity (Wildman–Crippen MR) is 79.0 cm³/mol. The Morgan fingerprint density at radius 1 is 1.32 bits per heavy atom. The second-order valence-corrected chi connectivity index (χ2v) is 6.55. The van der Waals surface area contributed by atoms with Crippen molar-refractivity contribution in [2.75, 3.05) is 13.1 Å². The van der Waals surface area contributed by atoms with Gasteiger partial charge in [-0.05, 0) is 43.9 Å². The van der Waals surface area contributed by atoms with Crippen molar-refractivity contribution in [1.29, 1.82) is 0 Å². The summed E-state index contributed by atoms with van der Waals surface area (Å²) in [6.45, 7) is 8.55. The standard InChI is InChI=1S/C16H30N2O/c1-4-6-13-9-15(17-12(3)19)11-18(10-13)16(5-2)14-7-8-14/h13-16H,4-11H2,1-3H3,(H,17,19). The van der Waals surface area contributed by atoms with Gasteiger partial charge in [-0.15, -0.1) is 0 Å². The Morgan fingerprint density at radius 3 is 2.58 bits per heavy atom. The third-order valence-corrected chi connectivity index (χ3v) is 4.72. The maximum Gasteiger partial charge on any atom is 0.217 e. The van der Waals surface area contributed by atoms with Crippen LogP contribution in [0, 0.1) is 11.8 Å². The lowest BCUT2D eigenvalue weighted by atomic mass is 9.88. The minimum atomic E-state index is 0.126. The highest BCUT2D eigenvalue weighted by molar-refractivity contribution is 5.73. The Hall–Kier alpha value is -0.570. The lowest BCUT2D eigenvalue weighted by Crippen LogP contribution is -2.54. The molecule has 3 unspecified atom stereocenters. The summed E-state index contributed by atoms with van der Waals surface area (Å²) in [5.74, 6) is 1.83. The van der Waals surface area contributed by atoms with E-state index in [1.807, 2.05) is 0 Å². The highest BCUT2D eigenvalue weighted by Crippen LogP contribution is 2.38. The Labute approximate surface area is 118 Å². The van der Waals surface area contributed by atoms with E-state index in [2.05, 4.69) is 24.1 Å². The van der Waals surface area contributed by atoms with Gasteiger partial charge in [0, 0.05) is 32.1 Å². The molecule has 0 aromatic carbocycles. The largest absolute Gasteiger partial charge is 0.352 e. The number of carbonyl (C=O) groups excluding carboxylic acids is 1. The van der Waals surface area contributed by atoms with E-state index in [-0.39, 0.29) is 5.91 Å². The minimum absolute atomic E-state index is 0.126. The van der Waals surface area contributed by atoms with Gasteiger partial charge in [-0.2, -0.15) is 0 Å². The molecule has 0 aromatic rings. The summed E-state index contributed by atoms with van der Waals surface area (Å²) in [6.07, 6.45) is 7.82. The molecule has 110 valence electrons. The van der Waals surface area contributed by atoms with E-state index >= 15 is 0 Å². The first-order chi connectivity index (χ1) is 9.13. The van der Waals surface area contributed by atoms with E-state index in [0.717, 1.165) is 24.4 Å². The van der Waals surface area contributed by atoms with Gasteiger partial charge in [0.2, 0.25) is 5.91 Å². The molecule has 2 rings (SSSR count). The van der Waals surface area contributed by atoms with Crippen LogP contribution in [0.15, 0.2) is 0 Å². The van der Waals surface area contributed by atoms with Gasteiger partial charge < -0.3 is 5.32 Å². The van der Waals surface area contributed by atoms with E-state index in [4.69, 9.17) is 0 Å². The van der Waals surface area contributed by atoms with Crippen LogP contribution in [-0.4, -0.2) is 36.0 Å². The molecule has 1 heterocycles. The molecule has 0 bridgehead atoms. The first-order valence-corrected chi connectivity index (χ1v) is 8.15. The SMILES string of the molecule is CCCC1CC(NC(C)=O)CN(C(CC)C2CC2)C1. The van der Waals surface area contributed by atoms with Crippen LogP contribution >= 0.6 is 0 Å². The van der Waals surface area contributed by atoms with Gasteiger partial charge >= 0.3 is 0 Å². The topological polar surface area (TPSA) is 32.3 Å². The van der Waals surface area contributed by atoms with E-state index < -0.39 is 0 Å². The van der Waals surface area contributed by atoms with Gasteiger partial charge in [0.05, 0.1) is 0 Å². The number of hydrogen-bond acceptors (Lipinski definition) is 2. The zero-order chi connectivity index (χ0) is 13.8. The molecule has 3 nitrogen and oxygen atoms in total. The molecule has 0 radical (unpaired) electrons. The minimum Gasteiger partial charge on any atom is -0.352 e. The average Bonchev–Trinajstić information content (AvgIpc) is 3.13. The van der Waals surface area contributed by atoms with Gasteiger partial charge in [0.15, 0.2) is 0 Å². The van der Waals surface area contributed by atoms with Crippen molar-refractivity contribution in [3.63, 3.8) is 0 Å². The Balaban J connectivity index is 1.98. The predicted octanol–water partition coefficient (Wildman–Crippen LogP) is 2.80. The fourth-order valence-corrected chi connectivity index (χ4v) is 3.89. The number of rotatable bonds is 6. The van der Waals surface area contributed by atoms with Gasteiger partial charge in [-0.3, -0.25) is 9.69 Å². The van der Waals surface area contributed by atoms with Crippen LogP contribution in [0.25, 0.3) is 0 Å². The summed E-state index contributed by atoms with van der Waals surface area (Å²) in [5, 5.41) is 3.16. The molecule has 1 amide bonds. The van der Waals surface area contributed by atoms with Crippen molar-refractivity contribution in [2.45, 2.75) is 71.4 Å². The van der Waals surface area contributed by atoms with Crippen molar-refractivity contribution in [2.24, 2.45) is 11.8 Å². The summed E-state index contributed by atoms with van der Waals surface area (Å²) < 4.78 is 0. The molecular formula is C16H30N2O. The van der Waals surface area contributed by atoms with Gasteiger partial charge in [0.1, 0.15) is 0 Å². The zero-order valence-corrected chi connectivity index (χ0v) is 12.8. The molecule has 1 aliphatic heterocycles. The van der Waals surface area contributed by atoms with Gasteiger partial charge in [-0.25, -0.2) is 0 Å². The molecule has 1 N–H and O–H groups in total. The van der Waals surface area contributed by atoms with Crippen LogP contribution in [0.5, 0.6) is 0 Å². The summed E-state index contributed by atoms with van der Waals surface area (Å²) in [5.41, 5.74) is 0. The quantitative estimate of drug-likeness (QED) is 0.802. The maximum absolute atomic E-state index is 11.3. The monoisotopic (exact) mass is 266 g/mol. The second kappa shape index (κ2) is 6.74. The Kier molecular flexibility index (Phi) is 5.26. The van der Waals surface area contributed by atoms with Crippen LogP contribution in [0.4, 0.5) is 0 Å². The molecule has 3 atom stereocenters. The van der Waals surface area contributed by atoms with Crippen LogP contribution in [-0.2, 0) is 4.79 Å². The summed E-state index contributed by atoms with van der Waals surface area (Å²) in [6, 6.07) is 1.13. The first-order valence-electron chi connectivity index (χ1n) is 8.15. The fourth-order valence-electron chi connectivity index (χ4n) is 3.89. The molecule has 2 fully saturated rings. The molecule has 0 aromatic heterocycles. The third kappa shape index (κ3) is 4.20. The highest BCUT2D eigenvalue weighted by atomic mass is 16.1. The molecule has 0 spiro atoms. The van der Waals surface area contributed by atoms with Crippen LogP contribution in [0.3, 0.4) is 0 Å². The normalized spacial score (nSPS) is 30.1. The first kappa shape index (κ1) is 14.8. The lowest BCUT2D eigenvalue weighted by Gasteiger charge is -2.42. The molecular weight excluding hydrogens is 236 g/mol. The number of hydrogen-bond donors (Lipinski definition) is 1. The summed E-state index contributed by atoms with van der Waals surface area (Å²) >= 11 is 0. The average molecular weight is 266 g/mol. The number of nitrogens with one attached hydrogen (secondary N) is 1. The van der Waals surface area contributed by atoms with Crippen molar-refractivity contribution < 1.29 is 4.79 Å². The number of likely N-dealkylation sites (tertiary alicyclic amines) is 1. The Morgan fingerprint density at radius 2 is 2.05 bits per heavy atom. The second-order valence-electron chi connectivity index (χ2n) is 6.55. The van der Waals surface area contributed by atoms with Crippen molar-refractivity contribution in [3.05, 3.63) is 0 Å². The van der Waals surface area contributed by atoms with Crippen LogP contribution in [0.2, 0.25) is 0 Å². The molecule has 2 aliphatic rings. The summed E-state index contributed by atoms with van der Waals surface area (Å²) in [7, 11) is 0. The van der Waals surface area contributed by atoms with Crippen LogP contribution in [0.1, 0.15) is 59.3 Å². The Bertz CT molecular complexity index is 301. The fraction of sp³-hybridized carbons (Fsp3) is 0.938. The lowest BCUT2D eigenvalue weighted by molar-refractivity contribution is -0.120. The van der Waals surface area contributed by atoms with E-state index in [0.29, 0.717) is 6.04 Å². The zero-order valence-electron chi connectivity index (χ0n) is 12.8. The van der Waals surface area contributed by atoms with E-state index in [9.17, 15) is 4.79 Å². The highest BCUT2D eigenvalue weighted by Gasteiger charge is 2.38. The summed E-state index contributed by atoms with van der Waals surface area (Å²) in [4.78, 5) is 14.0. The third-order valence-electron chi connectivity index (χ3n) is 4.72. The van der Waals surface area contributed by atoms with Gasteiger partial charge in [-0.1, -0.05) is 20.3 Å². The number of carbonyl (C=O) groups is 1. The van der Waals surface area contributed by atoms with E-state index in [1.165, 1.54) is 45.1 Å². The number of piperidine rings is 1. The smallest absolute Gasteiger partial charge is 0.217 e. The van der Waals surface area contributed by atoms with Crippen molar-refractivity contribution in [3.8, 4) is 0 Å². The van der Waals surface area contributed by atoms with Crippen molar-refractivity contribution in [1.82, 2.24) is 10.2 Å². The molecule has 1 saturated heterocycles. The van der Waals surface area contributed by atoms with E-state index in [1.54, 1.807) is 6.92 Å². The number of amides is 1. The molecule has 1 aliphatic carbocycles. The maximum atomic E-state index is 11.3. The van der Waals surface area contributed by atoms with Crippen molar-refractivity contribution >= 4 is 5.91 Å². The molecule has 3 heteroatoms. The molecule has 1 saturated carbocycles. The van der Waals surface area contributed by atoms with Crippen LogP contribution < -0.4 is 5.32 Å². The van der Waals surface area contributed by atoms with Gasteiger partial charge in [0.25, 0.3) is 0 Å². The number of nitrogens with zero attached hydrogens (tertiary/aromatic N) is 1.